The van der Waals surface area contributed by atoms with E-state index in [0.29, 0.717) is 22.6 Å². The summed E-state index contributed by atoms with van der Waals surface area (Å²) < 4.78 is 10.6. The molecule has 0 aliphatic carbocycles. The van der Waals surface area contributed by atoms with Gasteiger partial charge in [0.15, 0.2) is 5.96 Å². The number of benzene rings is 3. The Balaban J connectivity index is 0.00000702. The van der Waals surface area contributed by atoms with Crippen LogP contribution < -0.4 is 26.8 Å². The number of methoxy groups -OCH3 is 1. The average molecular weight is 724 g/mol. The first-order valence-electron chi connectivity index (χ1n) is 15.9. The van der Waals surface area contributed by atoms with Crippen molar-refractivity contribution in [3.8, 4) is 5.75 Å². The Morgan fingerprint density at radius 2 is 1.65 bits per heavy atom. The number of rotatable bonds is 15. The van der Waals surface area contributed by atoms with Crippen molar-refractivity contribution in [1.29, 1.82) is 0 Å². The van der Waals surface area contributed by atoms with E-state index in [0.717, 1.165) is 5.56 Å². The SMILES string of the molecule is COc1ccc(CC(NC(=O)OCc2ccccc2)C(=O)N2CCN(CC(=O)O)C(=O)C2CCCNC(=O)c2ccc(N=C(N)N)cc2)cc1.Cl. The summed E-state index contributed by atoms with van der Waals surface area (Å²) in [6, 6.07) is 20.2. The normalized spacial score (nSPS) is 14.4. The minimum atomic E-state index is -1.18. The zero-order valence-corrected chi connectivity index (χ0v) is 28.8. The number of piperazine rings is 1. The molecule has 3 aromatic carbocycles. The lowest BCUT2D eigenvalue weighted by Gasteiger charge is -2.41. The van der Waals surface area contributed by atoms with Gasteiger partial charge in [-0.1, -0.05) is 42.5 Å². The monoisotopic (exact) mass is 723 g/mol. The van der Waals surface area contributed by atoms with Crippen molar-refractivity contribution in [2.24, 2.45) is 16.5 Å². The number of hydrogen-bond donors (Lipinski definition) is 5. The number of carbonyl (C=O) groups is 5. The van der Waals surface area contributed by atoms with Gasteiger partial charge in [0.1, 0.15) is 31.0 Å². The number of halogens is 1. The molecule has 0 spiro atoms. The van der Waals surface area contributed by atoms with Crippen LogP contribution in [-0.2, 0) is 32.1 Å². The van der Waals surface area contributed by atoms with E-state index in [9.17, 15) is 29.1 Å². The summed E-state index contributed by atoms with van der Waals surface area (Å²) in [4.78, 5) is 71.5. The molecule has 1 saturated heterocycles. The summed E-state index contributed by atoms with van der Waals surface area (Å²) in [7, 11) is 1.53. The van der Waals surface area contributed by atoms with Gasteiger partial charge in [-0.15, -0.1) is 12.4 Å². The highest BCUT2D eigenvalue weighted by molar-refractivity contribution is 5.95. The van der Waals surface area contributed by atoms with Gasteiger partial charge in [-0.3, -0.25) is 19.2 Å². The van der Waals surface area contributed by atoms with Crippen molar-refractivity contribution in [2.75, 3.05) is 33.3 Å². The van der Waals surface area contributed by atoms with Gasteiger partial charge >= 0.3 is 12.1 Å². The Hall–Kier alpha value is -5.83. The molecule has 51 heavy (non-hydrogen) atoms. The van der Waals surface area contributed by atoms with Gasteiger partial charge in [0, 0.05) is 31.6 Å². The van der Waals surface area contributed by atoms with Gasteiger partial charge in [0.2, 0.25) is 11.8 Å². The number of alkyl carbamates (subject to hydrolysis) is 1. The number of amides is 4. The van der Waals surface area contributed by atoms with Gasteiger partial charge in [-0.05, 0) is 60.4 Å². The Kier molecular flexibility index (Phi) is 15.1. The number of nitrogens with two attached hydrogens (primary N) is 2. The molecular weight excluding hydrogens is 682 g/mol. The number of carbonyl (C=O) groups excluding carboxylic acids is 4. The van der Waals surface area contributed by atoms with Gasteiger partial charge in [-0.25, -0.2) is 9.79 Å². The van der Waals surface area contributed by atoms with Crippen LogP contribution >= 0.6 is 12.4 Å². The molecule has 1 aliphatic heterocycles. The Bertz CT molecular complexity index is 1670. The molecule has 0 saturated carbocycles. The summed E-state index contributed by atoms with van der Waals surface area (Å²) in [6.45, 7) is -0.344. The van der Waals surface area contributed by atoms with E-state index in [1.54, 1.807) is 60.7 Å². The highest BCUT2D eigenvalue weighted by Gasteiger charge is 2.40. The van der Waals surface area contributed by atoms with Crippen molar-refractivity contribution < 1.29 is 38.6 Å². The molecule has 4 amide bonds. The summed E-state index contributed by atoms with van der Waals surface area (Å²) in [5.74, 6) is -2.12. The zero-order chi connectivity index (χ0) is 36.0. The molecule has 0 radical (unpaired) electrons. The molecule has 4 rings (SSSR count). The van der Waals surface area contributed by atoms with Crippen molar-refractivity contribution in [2.45, 2.75) is 38.0 Å². The standard InChI is InChI=1S/C35H41N7O8.ClH/c1-49-27-15-9-23(10-16-27)20-28(40-35(48)50-22-24-6-3-2-4-7-24)32(46)42-19-18-41(21-30(43)44)33(47)29(42)8-5-17-38-31(45)25-11-13-26(14-12-25)39-34(36)37;/h2-4,6-7,9-16,28-29H,5,8,17-22H2,1H3,(H,38,45)(H,40,48)(H,43,44)(H4,36,37,39);1H. The third kappa shape index (κ3) is 11.9. The van der Waals surface area contributed by atoms with Gasteiger partial charge in [-0.2, -0.15) is 0 Å². The second-order valence-corrected chi connectivity index (χ2v) is 11.5. The second-order valence-electron chi connectivity index (χ2n) is 11.5. The lowest BCUT2D eigenvalue weighted by molar-refractivity contribution is -0.156. The molecular formula is C35H42ClN7O8. The molecule has 0 bridgehead atoms. The Morgan fingerprint density at radius 1 is 0.961 bits per heavy atom. The maximum atomic E-state index is 14.2. The van der Waals surface area contributed by atoms with Crippen LogP contribution in [0.2, 0.25) is 0 Å². The van der Waals surface area contributed by atoms with Crippen molar-refractivity contribution >= 4 is 53.8 Å². The van der Waals surface area contributed by atoms with Crippen LogP contribution in [0.25, 0.3) is 0 Å². The summed E-state index contributed by atoms with van der Waals surface area (Å²) in [5, 5.41) is 14.9. The number of ether oxygens (including phenoxy) is 2. The smallest absolute Gasteiger partial charge is 0.408 e. The lowest BCUT2D eigenvalue weighted by Crippen LogP contribution is -2.63. The van der Waals surface area contributed by atoms with Gasteiger partial charge < -0.3 is 46.5 Å². The molecule has 1 heterocycles. The van der Waals surface area contributed by atoms with Gasteiger partial charge in [0.05, 0.1) is 12.8 Å². The minimum absolute atomic E-state index is 0. The molecule has 2 unspecified atom stereocenters. The summed E-state index contributed by atoms with van der Waals surface area (Å²) in [6.07, 6.45) is -0.327. The summed E-state index contributed by atoms with van der Waals surface area (Å²) in [5.41, 5.74) is 13.1. The molecule has 1 aliphatic rings. The molecule has 1 fully saturated rings. The molecule has 2 atom stereocenters. The van der Waals surface area contributed by atoms with E-state index < -0.39 is 42.5 Å². The highest BCUT2D eigenvalue weighted by atomic mass is 35.5. The van der Waals surface area contributed by atoms with E-state index in [-0.39, 0.29) is 69.8 Å². The molecule has 0 aromatic heterocycles. The van der Waals surface area contributed by atoms with Crippen molar-refractivity contribution in [3.63, 3.8) is 0 Å². The predicted octanol–water partition coefficient (Wildman–Crippen LogP) is 2.19. The number of nitrogens with zero attached hydrogens (tertiary/aromatic N) is 3. The fourth-order valence-corrected chi connectivity index (χ4v) is 5.44. The Morgan fingerprint density at radius 3 is 2.27 bits per heavy atom. The van der Waals surface area contributed by atoms with E-state index in [2.05, 4.69) is 15.6 Å². The van der Waals surface area contributed by atoms with Crippen LogP contribution in [0.5, 0.6) is 5.75 Å². The average Bonchev–Trinajstić information content (AvgIpc) is 3.10. The molecule has 15 nitrogen and oxygen atoms in total. The number of hydrogen-bond acceptors (Lipinski definition) is 8. The number of nitrogens with one attached hydrogen (secondary N) is 2. The first kappa shape index (κ1) is 39.6. The van der Waals surface area contributed by atoms with Crippen LogP contribution in [-0.4, -0.2) is 96.0 Å². The topological polar surface area (TPSA) is 219 Å². The fourth-order valence-electron chi connectivity index (χ4n) is 5.44. The van der Waals surface area contributed by atoms with Crippen LogP contribution in [0.1, 0.15) is 34.3 Å². The van der Waals surface area contributed by atoms with Crippen molar-refractivity contribution in [1.82, 2.24) is 20.4 Å². The number of aliphatic carboxylic acids is 1. The number of carboxylic acids is 1. The van der Waals surface area contributed by atoms with Gasteiger partial charge in [0.25, 0.3) is 5.91 Å². The van der Waals surface area contributed by atoms with E-state index in [4.69, 9.17) is 20.9 Å². The molecule has 272 valence electrons. The quantitative estimate of drug-likeness (QED) is 0.0874. The molecule has 3 aromatic rings. The lowest BCUT2D eigenvalue weighted by atomic mass is 10.00. The maximum absolute atomic E-state index is 14.2. The summed E-state index contributed by atoms with van der Waals surface area (Å²) >= 11 is 0. The van der Waals surface area contributed by atoms with E-state index in [1.807, 2.05) is 18.2 Å². The molecule has 16 heteroatoms. The first-order chi connectivity index (χ1) is 24.0. The number of carboxylic acid groups (broad SMARTS) is 1. The predicted molar refractivity (Wildman–Crippen MR) is 191 cm³/mol. The van der Waals surface area contributed by atoms with Crippen LogP contribution in [0.3, 0.4) is 0 Å². The first-order valence-corrected chi connectivity index (χ1v) is 15.9. The van der Waals surface area contributed by atoms with Crippen LogP contribution in [0, 0.1) is 0 Å². The van der Waals surface area contributed by atoms with E-state index >= 15 is 0 Å². The largest absolute Gasteiger partial charge is 0.497 e. The third-order valence-electron chi connectivity index (χ3n) is 7.92. The minimum Gasteiger partial charge on any atom is -0.497 e. The Labute approximate surface area is 301 Å². The van der Waals surface area contributed by atoms with Crippen molar-refractivity contribution in [3.05, 3.63) is 95.6 Å². The van der Waals surface area contributed by atoms with E-state index in [1.165, 1.54) is 16.9 Å². The zero-order valence-electron chi connectivity index (χ0n) is 28.0. The molecule has 7 N–H and O–H groups in total. The van der Waals surface area contributed by atoms with Crippen LogP contribution in [0.4, 0.5) is 10.5 Å². The fraction of sp³-hybridized carbons (Fsp3) is 0.314. The second kappa shape index (κ2) is 19.4. The third-order valence-corrected chi connectivity index (χ3v) is 7.92. The maximum Gasteiger partial charge on any atom is 0.408 e. The number of aliphatic imine (C=N–C) groups is 1. The number of guanidine groups is 1. The highest BCUT2D eigenvalue weighted by Crippen LogP contribution is 2.20. The van der Waals surface area contributed by atoms with Crippen LogP contribution in [0.15, 0.2) is 83.9 Å².